The van der Waals surface area contributed by atoms with Gasteiger partial charge in [-0.25, -0.2) is 13.1 Å². The van der Waals surface area contributed by atoms with Crippen molar-refractivity contribution in [3.05, 3.63) is 59.3 Å². The van der Waals surface area contributed by atoms with E-state index in [2.05, 4.69) is 26.8 Å². The Balaban J connectivity index is 1.70. The fourth-order valence-corrected chi connectivity index (χ4v) is 4.43. The predicted octanol–water partition coefficient (Wildman–Crippen LogP) is 2.98. The summed E-state index contributed by atoms with van der Waals surface area (Å²) in [6.45, 7) is 3.60. The van der Waals surface area contributed by atoms with Crippen LogP contribution in [0.15, 0.2) is 58.6 Å². The molecule has 0 radical (unpaired) electrons. The molecule has 134 valence electrons. The first kappa shape index (κ1) is 18.4. The zero-order chi connectivity index (χ0) is 18.6. The lowest BCUT2D eigenvalue weighted by Crippen LogP contribution is -2.23. The summed E-state index contributed by atoms with van der Waals surface area (Å²) >= 11 is 2.82. The number of amides is 1. The molecule has 10 heteroatoms. The van der Waals surface area contributed by atoms with Crippen molar-refractivity contribution >= 4 is 43.7 Å². The van der Waals surface area contributed by atoms with Crippen LogP contribution in [0.5, 0.6) is 0 Å². The van der Waals surface area contributed by atoms with E-state index in [-0.39, 0.29) is 17.3 Å². The van der Waals surface area contributed by atoms with E-state index in [1.54, 1.807) is 11.3 Å². The Kier molecular flexibility index (Phi) is 5.57. The standard InChI is InChI=1S/C16H14N4O3S3/c1-2-8-17-26(22,23)13-5-3-11(4-6-13)14(21)18-16-20-19-15(25-16)12-7-9-24-10-12/h2-7,9-10,17H,1,8H2,(H,18,20,21). The highest BCUT2D eigenvalue weighted by molar-refractivity contribution is 7.89. The Hall–Kier alpha value is -2.40. The Morgan fingerprint density at radius 2 is 1.96 bits per heavy atom. The van der Waals surface area contributed by atoms with Gasteiger partial charge in [0.1, 0.15) is 5.01 Å². The summed E-state index contributed by atoms with van der Waals surface area (Å²) in [7, 11) is -3.62. The third-order valence-electron chi connectivity index (χ3n) is 3.26. The second kappa shape index (κ2) is 7.87. The van der Waals surface area contributed by atoms with Gasteiger partial charge in [-0.1, -0.05) is 17.4 Å². The molecule has 0 saturated heterocycles. The minimum atomic E-state index is -3.62. The maximum absolute atomic E-state index is 12.3. The molecule has 2 heterocycles. The molecule has 2 N–H and O–H groups in total. The smallest absolute Gasteiger partial charge is 0.257 e. The fourth-order valence-electron chi connectivity index (χ4n) is 1.98. The second-order valence-corrected chi connectivity index (χ2v) is 8.57. The highest BCUT2D eigenvalue weighted by atomic mass is 32.2. The first-order chi connectivity index (χ1) is 12.5. The summed E-state index contributed by atoms with van der Waals surface area (Å²) in [5, 5.41) is 15.6. The molecule has 0 bridgehead atoms. The molecule has 1 amide bonds. The van der Waals surface area contributed by atoms with Crippen LogP contribution in [-0.2, 0) is 10.0 Å². The molecule has 0 unspecified atom stereocenters. The predicted molar refractivity (Wildman–Crippen MR) is 103 cm³/mol. The quantitative estimate of drug-likeness (QED) is 0.588. The van der Waals surface area contributed by atoms with Gasteiger partial charge < -0.3 is 0 Å². The minimum Gasteiger partial charge on any atom is -0.296 e. The summed E-state index contributed by atoms with van der Waals surface area (Å²) in [5.74, 6) is -0.388. The molecule has 0 aliphatic rings. The van der Waals surface area contributed by atoms with E-state index in [4.69, 9.17) is 0 Å². The first-order valence-corrected chi connectivity index (χ1v) is 10.6. The van der Waals surface area contributed by atoms with E-state index in [0.717, 1.165) is 10.6 Å². The van der Waals surface area contributed by atoms with E-state index in [0.29, 0.717) is 10.7 Å². The largest absolute Gasteiger partial charge is 0.296 e. The summed E-state index contributed by atoms with van der Waals surface area (Å²) in [5.41, 5.74) is 1.27. The number of anilines is 1. The van der Waals surface area contributed by atoms with Crippen LogP contribution in [-0.4, -0.2) is 31.1 Å². The lowest BCUT2D eigenvalue weighted by molar-refractivity contribution is 0.102. The van der Waals surface area contributed by atoms with Crippen molar-refractivity contribution in [1.29, 1.82) is 0 Å². The topological polar surface area (TPSA) is 101 Å². The Labute approximate surface area is 158 Å². The van der Waals surface area contributed by atoms with Crippen molar-refractivity contribution in [2.45, 2.75) is 4.90 Å². The van der Waals surface area contributed by atoms with Gasteiger partial charge in [0.25, 0.3) is 5.91 Å². The highest BCUT2D eigenvalue weighted by Crippen LogP contribution is 2.28. The molecule has 26 heavy (non-hydrogen) atoms. The van der Waals surface area contributed by atoms with E-state index in [1.807, 2.05) is 16.8 Å². The molecule has 3 rings (SSSR count). The number of nitrogens with zero attached hydrogens (tertiary/aromatic N) is 2. The zero-order valence-corrected chi connectivity index (χ0v) is 15.8. The van der Waals surface area contributed by atoms with Crippen LogP contribution in [0.3, 0.4) is 0 Å². The van der Waals surface area contributed by atoms with Crippen molar-refractivity contribution in [2.24, 2.45) is 0 Å². The van der Waals surface area contributed by atoms with Gasteiger partial charge in [0.2, 0.25) is 15.2 Å². The summed E-state index contributed by atoms with van der Waals surface area (Å²) < 4.78 is 26.4. The van der Waals surface area contributed by atoms with Gasteiger partial charge in [-0.2, -0.15) is 11.3 Å². The van der Waals surface area contributed by atoms with Crippen molar-refractivity contribution in [3.63, 3.8) is 0 Å². The van der Waals surface area contributed by atoms with Crippen LogP contribution in [0.4, 0.5) is 5.13 Å². The van der Waals surface area contributed by atoms with Gasteiger partial charge in [-0.3, -0.25) is 10.1 Å². The summed E-state index contributed by atoms with van der Waals surface area (Å²) in [4.78, 5) is 12.4. The number of hydrogen-bond donors (Lipinski definition) is 2. The molecule has 1 aromatic carbocycles. The number of thiophene rings is 1. The van der Waals surface area contributed by atoms with E-state index in [1.165, 1.54) is 41.7 Å². The van der Waals surface area contributed by atoms with E-state index in [9.17, 15) is 13.2 Å². The van der Waals surface area contributed by atoms with Gasteiger partial charge in [-0.15, -0.1) is 16.8 Å². The number of aromatic nitrogens is 2. The highest BCUT2D eigenvalue weighted by Gasteiger charge is 2.15. The number of nitrogens with one attached hydrogen (secondary N) is 2. The van der Waals surface area contributed by atoms with Gasteiger partial charge in [0.05, 0.1) is 4.90 Å². The third-order valence-corrected chi connectivity index (χ3v) is 6.27. The number of benzene rings is 1. The molecule has 3 aromatic rings. The third kappa shape index (κ3) is 4.22. The zero-order valence-electron chi connectivity index (χ0n) is 13.4. The van der Waals surface area contributed by atoms with Gasteiger partial charge in [-0.05, 0) is 35.7 Å². The molecule has 0 fully saturated rings. The maximum atomic E-state index is 12.3. The molecular weight excluding hydrogens is 392 g/mol. The van der Waals surface area contributed by atoms with Gasteiger partial charge >= 0.3 is 0 Å². The molecular formula is C16H14N4O3S3. The monoisotopic (exact) mass is 406 g/mol. The molecule has 0 saturated carbocycles. The van der Waals surface area contributed by atoms with Crippen LogP contribution in [0.2, 0.25) is 0 Å². The molecule has 2 aromatic heterocycles. The molecule has 0 spiro atoms. The number of rotatable bonds is 7. The lowest BCUT2D eigenvalue weighted by atomic mass is 10.2. The van der Waals surface area contributed by atoms with Crippen LogP contribution in [0.1, 0.15) is 10.4 Å². The van der Waals surface area contributed by atoms with Crippen LogP contribution >= 0.6 is 22.7 Å². The van der Waals surface area contributed by atoms with Crippen LogP contribution in [0.25, 0.3) is 10.6 Å². The van der Waals surface area contributed by atoms with Gasteiger partial charge in [0.15, 0.2) is 0 Å². The average molecular weight is 407 g/mol. The fraction of sp³-hybridized carbons (Fsp3) is 0.0625. The van der Waals surface area contributed by atoms with Crippen molar-refractivity contribution in [3.8, 4) is 10.6 Å². The Morgan fingerprint density at radius 3 is 2.62 bits per heavy atom. The van der Waals surface area contributed by atoms with Crippen molar-refractivity contribution in [2.75, 3.05) is 11.9 Å². The first-order valence-electron chi connectivity index (χ1n) is 7.37. The van der Waals surface area contributed by atoms with Crippen molar-refractivity contribution < 1.29 is 13.2 Å². The van der Waals surface area contributed by atoms with Crippen molar-refractivity contribution in [1.82, 2.24) is 14.9 Å². The Bertz CT molecular complexity index is 1010. The number of carbonyl (C=O) groups is 1. The van der Waals surface area contributed by atoms with E-state index >= 15 is 0 Å². The minimum absolute atomic E-state index is 0.0755. The van der Waals surface area contributed by atoms with Gasteiger partial charge in [0, 0.05) is 23.1 Å². The summed E-state index contributed by atoms with van der Waals surface area (Å²) in [6, 6.07) is 7.56. The average Bonchev–Trinajstić information content (AvgIpc) is 3.31. The number of carbonyl (C=O) groups excluding carboxylic acids is 1. The summed E-state index contributed by atoms with van der Waals surface area (Å²) in [6.07, 6.45) is 1.45. The molecule has 0 aliphatic heterocycles. The molecule has 7 nitrogen and oxygen atoms in total. The number of sulfonamides is 1. The molecule has 0 atom stereocenters. The van der Waals surface area contributed by atoms with Crippen LogP contribution in [0, 0.1) is 0 Å². The van der Waals surface area contributed by atoms with E-state index < -0.39 is 10.0 Å². The maximum Gasteiger partial charge on any atom is 0.257 e. The van der Waals surface area contributed by atoms with Crippen LogP contribution < -0.4 is 10.0 Å². The Morgan fingerprint density at radius 1 is 1.19 bits per heavy atom. The SMILES string of the molecule is C=CCNS(=O)(=O)c1ccc(C(=O)Nc2nnc(-c3ccsc3)s2)cc1. The second-order valence-electron chi connectivity index (χ2n) is 5.04. The number of hydrogen-bond acceptors (Lipinski definition) is 7. The normalized spacial score (nSPS) is 11.2. The lowest BCUT2D eigenvalue weighted by Gasteiger charge is -2.06. The molecule has 0 aliphatic carbocycles.